The average molecular weight is 416 g/mol. The number of methoxy groups -OCH3 is 2. The van der Waals surface area contributed by atoms with Crippen molar-refractivity contribution in [1.82, 2.24) is 4.57 Å². The molecule has 0 fully saturated rings. The Morgan fingerprint density at radius 2 is 1.94 bits per heavy atom. The number of nitrogens with zero attached hydrogens (tertiary/aromatic N) is 2. The van der Waals surface area contributed by atoms with Crippen LogP contribution in [-0.2, 0) is 17.7 Å². The number of aliphatic imine (C=N–C) groups is 1. The van der Waals surface area contributed by atoms with Gasteiger partial charge in [0.25, 0.3) is 0 Å². The van der Waals surface area contributed by atoms with Crippen molar-refractivity contribution in [2.24, 2.45) is 4.99 Å². The van der Waals surface area contributed by atoms with Gasteiger partial charge in [-0.15, -0.1) is 0 Å². The van der Waals surface area contributed by atoms with Crippen LogP contribution in [0.15, 0.2) is 53.5 Å². The van der Waals surface area contributed by atoms with E-state index in [9.17, 15) is 9.90 Å². The molecule has 158 valence electrons. The van der Waals surface area contributed by atoms with Gasteiger partial charge in [-0.3, -0.25) is 4.99 Å². The second-order valence-corrected chi connectivity index (χ2v) is 7.32. The molecule has 0 amide bonds. The van der Waals surface area contributed by atoms with Crippen molar-refractivity contribution in [3.8, 4) is 11.6 Å². The van der Waals surface area contributed by atoms with E-state index in [1.807, 2.05) is 55.5 Å². The topological polar surface area (TPSA) is 73.1 Å². The molecule has 2 aromatic carbocycles. The third-order valence-corrected chi connectivity index (χ3v) is 5.55. The molecular formula is C25H24N2O4. The first-order valence-electron chi connectivity index (χ1n) is 10.0. The third-order valence-electron chi connectivity index (χ3n) is 5.55. The van der Waals surface area contributed by atoms with Gasteiger partial charge in [-0.25, -0.2) is 4.79 Å². The van der Waals surface area contributed by atoms with Crippen molar-refractivity contribution in [2.75, 3.05) is 14.2 Å². The van der Waals surface area contributed by atoms with Crippen LogP contribution in [0.2, 0.25) is 0 Å². The van der Waals surface area contributed by atoms with E-state index in [-0.39, 0.29) is 5.88 Å². The molecule has 0 atom stereocenters. The Hall–Kier alpha value is -3.80. The maximum absolute atomic E-state index is 12.6. The lowest BCUT2D eigenvalue weighted by Crippen LogP contribution is -2.07. The Kier molecular flexibility index (Phi) is 5.62. The van der Waals surface area contributed by atoms with Gasteiger partial charge in [0.1, 0.15) is 5.75 Å². The summed E-state index contributed by atoms with van der Waals surface area (Å²) in [5, 5.41) is 11.1. The van der Waals surface area contributed by atoms with Crippen molar-refractivity contribution < 1.29 is 19.4 Å². The molecule has 0 saturated carbocycles. The van der Waals surface area contributed by atoms with Gasteiger partial charge in [-0.2, -0.15) is 0 Å². The maximum Gasteiger partial charge on any atom is 0.340 e. The predicted octanol–water partition coefficient (Wildman–Crippen LogP) is 4.80. The molecule has 1 aliphatic heterocycles. The van der Waals surface area contributed by atoms with Crippen molar-refractivity contribution in [1.29, 1.82) is 0 Å². The van der Waals surface area contributed by atoms with E-state index in [1.165, 1.54) is 7.11 Å². The quantitative estimate of drug-likeness (QED) is 0.586. The number of fused-ring (bicyclic) bond motifs is 1. The van der Waals surface area contributed by atoms with Crippen LogP contribution >= 0.6 is 0 Å². The predicted molar refractivity (Wildman–Crippen MR) is 121 cm³/mol. The zero-order valence-corrected chi connectivity index (χ0v) is 17.8. The Balaban J connectivity index is 1.77. The van der Waals surface area contributed by atoms with Crippen molar-refractivity contribution in [3.05, 3.63) is 76.5 Å². The zero-order chi connectivity index (χ0) is 22.0. The van der Waals surface area contributed by atoms with Gasteiger partial charge < -0.3 is 19.1 Å². The Bertz CT molecular complexity index is 1190. The first-order chi connectivity index (χ1) is 15.0. The van der Waals surface area contributed by atoms with Gasteiger partial charge in [0.15, 0.2) is 5.88 Å². The fourth-order valence-corrected chi connectivity index (χ4v) is 3.87. The van der Waals surface area contributed by atoms with E-state index in [0.717, 1.165) is 28.8 Å². The van der Waals surface area contributed by atoms with Gasteiger partial charge in [-0.1, -0.05) is 30.3 Å². The molecule has 2 heterocycles. The Morgan fingerprint density at radius 1 is 1.16 bits per heavy atom. The summed E-state index contributed by atoms with van der Waals surface area (Å²) in [4.78, 5) is 17.0. The van der Waals surface area contributed by atoms with Gasteiger partial charge in [-0.05, 0) is 43.2 Å². The van der Waals surface area contributed by atoms with E-state index < -0.39 is 5.97 Å². The smallest absolute Gasteiger partial charge is 0.340 e. The number of rotatable bonds is 6. The number of aromatic hydroxyl groups is 1. The van der Waals surface area contributed by atoms with Crippen LogP contribution in [0.1, 0.15) is 32.7 Å². The number of benzene rings is 2. The molecule has 6 nitrogen and oxygen atoms in total. The molecule has 3 aromatic rings. The van der Waals surface area contributed by atoms with E-state index in [2.05, 4.69) is 4.99 Å². The number of hydrogen-bond donors (Lipinski definition) is 1. The first kappa shape index (κ1) is 20.5. The molecule has 1 aliphatic rings. The summed E-state index contributed by atoms with van der Waals surface area (Å²) < 4.78 is 12.1. The van der Waals surface area contributed by atoms with Gasteiger partial charge in [0.2, 0.25) is 0 Å². The second kappa shape index (κ2) is 8.52. The number of aromatic nitrogens is 1. The second-order valence-electron chi connectivity index (χ2n) is 7.32. The number of ether oxygens (including phenoxy) is 2. The average Bonchev–Trinajstić information content (AvgIpc) is 3.30. The molecule has 0 saturated heterocycles. The SMILES string of the molecule is COC(=O)c1c(/C=C2\C=Nc3ccc(OC)cc32)c(O)n(CCc2ccccc2)c1C. The summed E-state index contributed by atoms with van der Waals surface area (Å²) in [5.41, 5.74) is 5.07. The van der Waals surface area contributed by atoms with Crippen LogP contribution in [0.4, 0.5) is 5.69 Å². The minimum atomic E-state index is -0.487. The van der Waals surface area contributed by atoms with Crippen molar-refractivity contribution >= 4 is 29.5 Å². The first-order valence-corrected chi connectivity index (χ1v) is 10.0. The molecule has 4 rings (SSSR count). The van der Waals surface area contributed by atoms with E-state index in [0.29, 0.717) is 29.1 Å². The number of allylic oxidation sites excluding steroid dienone is 1. The number of esters is 1. The maximum atomic E-state index is 12.6. The lowest BCUT2D eigenvalue weighted by Gasteiger charge is -2.08. The molecule has 6 heteroatoms. The van der Waals surface area contributed by atoms with Gasteiger partial charge >= 0.3 is 5.97 Å². The standard InChI is InChI=1S/C25H24N2O4/c1-16-23(25(29)31-3)21(24(28)27(16)12-11-17-7-5-4-6-8-17)13-18-15-26-22-10-9-19(30-2)14-20(18)22/h4-10,13-15,28H,11-12H2,1-3H3/b18-13+. The van der Waals surface area contributed by atoms with Gasteiger partial charge in [0.05, 0.1) is 31.0 Å². The largest absolute Gasteiger partial charge is 0.497 e. The molecule has 0 spiro atoms. The highest BCUT2D eigenvalue weighted by Gasteiger charge is 2.26. The fourth-order valence-electron chi connectivity index (χ4n) is 3.87. The summed E-state index contributed by atoms with van der Waals surface area (Å²) >= 11 is 0. The summed E-state index contributed by atoms with van der Waals surface area (Å²) in [6.45, 7) is 2.35. The van der Waals surface area contributed by atoms with Crippen LogP contribution in [0.5, 0.6) is 11.6 Å². The highest BCUT2D eigenvalue weighted by Crippen LogP contribution is 2.38. The fraction of sp³-hybridized carbons (Fsp3) is 0.200. The van der Waals surface area contributed by atoms with E-state index >= 15 is 0 Å². The van der Waals surface area contributed by atoms with Crippen molar-refractivity contribution in [3.63, 3.8) is 0 Å². The minimum absolute atomic E-state index is 0.0334. The number of hydrogen-bond acceptors (Lipinski definition) is 5. The number of aryl methyl sites for hydroxylation is 1. The molecular weight excluding hydrogens is 392 g/mol. The lowest BCUT2D eigenvalue weighted by atomic mass is 10.0. The minimum Gasteiger partial charge on any atom is -0.497 e. The van der Waals surface area contributed by atoms with Gasteiger partial charge in [0, 0.05) is 29.6 Å². The Labute approximate surface area is 181 Å². The molecule has 1 aromatic heterocycles. The van der Waals surface area contributed by atoms with Crippen LogP contribution < -0.4 is 4.74 Å². The van der Waals surface area contributed by atoms with E-state index in [1.54, 1.807) is 24.0 Å². The van der Waals surface area contributed by atoms with Crippen LogP contribution in [0.3, 0.4) is 0 Å². The summed E-state index contributed by atoms with van der Waals surface area (Å²) in [7, 11) is 2.95. The molecule has 0 aliphatic carbocycles. The molecule has 0 bridgehead atoms. The Morgan fingerprint density at radius 3 is 2.65 bits per heavy atom. The van der Waals surface area contributed by atoms with Crippen LogP contribution in [0.25, 0.3) is 11.6 Å². The summed E-state index contributed by atoms with van der Waals surface area (Å²) in [6, 6.07) is 15.6. The molecule has 1 N–H and O–H groups in total. The molecule has 0 unspecified atom stereocenters. The summed E-state index contributed by atoms with van der Waals surface area (Å²) in [6.07, 6.45) is 4.23. The molecule has 31 heavy (non-hydrogen) atoms. The number of carbonyl (C=O) groups is 1. The normalized spacial score (nSPS) is 13.5. The third kappa shape index (κ3) is 3.84. The monoisotopic (exact) mass is 416 g/mol. The highest BCUT2D eigenvalue weighted by molar-refractivity contribution is 6.22. The van der Waals surface area contributed by atoms with Crippen LogP contribution in [-0.4, -0.2) is 36.1 Å². The summed E-state index contributed by atoms with van der Waals surface area (Å²) in [5.74, 6) is 0.258. The number of carbonyl (C=O) groups excluding carboxylic acids is 1. The zero-order valence-electron chi connectivity index (χ0n) is 17.8. The lowest BCUT2D eigenvalue weighted by molar-refractivity contribution is 0.0599. The van der Waals surface area contributed by atoms with E-state index in [4.69, 9.17) is 9.47 Å². The van der Waals surface area contributed by atoms with Crippen molar-refractivity contribution in [2.45, 2.75) is 19.9 Å². The van der Waals surface area contributed by atoms with Crippen LogP contribution in [0, 0.1) is 6.92 Å². The molecule has 0 radical (unpaired) electrons. The highest BCUT2D eigenvalue weighted by atomic mass is 16.5.